The van der Waals surface area contributed by atoms with Gasteiger partial charge in [-0.15, -0.1) is 0 Å². The topological polar surface area (TPSA) is 67.8 Å². The first-order valence-corrected chi connectivity index (χ1v) is 6.42. The van der Waals surface area contributed by atoms with E-state index in [1.54, 1.807) is 19.2 Å². The molecular formula is C14H21NO4. The Labute approximate surface area is 113 Å². The van der Waals surface area contributed by atoms with Crippen LogP contribution in [0, 0.1) is 0 Å². The van der Waals surface area contributed by atoms with E-state index >= 15 is 0 Å². The molecule has 0 aliphatic heterocycles. The highest BCUT2D eigenvalue weighted by atomic mass is 16.5. The molecule has 5 nitrogen and oxygen atoms in total. The van der Waals surface area contributed by atoms with Gasteiger partial charge < -0.3 is 19.9 Å². The van der Waals surface area contributed by atoms with Crippen molar-refractivity contribution in [2.24, 2.45) is 0 Å². The van der Waals surface area contributed by atoms with Crippen molar-refractivity contribution < 1.29 is 19.4 Å². The number of benzene rings is 1. The average Bonchev–Trinajstić information content (AvgIpc) is 2.42. The van der Waals surface area contributed by atoms with Gasteiger partial charge in [0.05, 0.1) is 18.4 Å². The summed E-state index contributed by atoms with van der Waals surface area (Å²) in [7, 11) is 1.55. The number of carboxylic acid groups (broad SMARTS) is 1. The Morgan fingerprint density at radius 1 is 1.37 bits per heavy atom. The molecule has 0 spiro atoms. The van der Waals surface area contributed by atoms with Gasteiger partial charge in [-0.25, -0.2) is 4.79 Å². The lowest BCUT2D eigenvalue weighted by atomic mass is 10.1. The summed E-state index contributed by atoms with van der Waals surface area (Å²) in [6.45, 7) is 4.16. The van der Waals surface area contributed by atoms with Gasteiger partial charge >= 0.3 is 5.97 Å². The first-order valence-electron chi connectivity index (χ1n) is 6.42. The zero-order chi connectivity index (χ0) is 14.1. The molecule has 1 aromatic rings. The van der Waals surface area contributed by atoms with Crippen molar-refractivity contribution in [2.45, 2.75) is 19.8 Å². The third kappa shape index (κ3) is 5.18. The summed E-state index contributed by atoms with van der Waals surface area (Å²) in [4.78, 5) is 11.1. The molecule has 0 aromatic heterocycles. The zero-order valence-corrected chi connectivity index (χ0v) is 11.4. The Morgan fingerprint density at radius 3 is 2.79 bits per heavy atom. The van der Waals surface area contributed by atoms with Crippen LogP contribution in [0.3, 0.4) is 0 Å². The summed E-state index contributed by atoms with van der Waals surface area (Å²) in [6, 6.07) is 4.87. The zero-order valence-electron chi connectivity index (χ0n) is 11.4. The number of aromatic carboxylic acids is 1. The molecule has 0 amide bonds. The molecule has 0 saturated heterocycles. The number of nitrogens with one attached hydrogen (secondary N) is 1. The molecule has 0 saturated carbocycles. The van der Waals surface area contributed by atoms with Gasteiger partial charge in [-0.3, -0.25) is 0 Å². The maximum absolute atomic E-state index is 11.1. The Morgan fingerprint density at radius 2 is 2.16 bits per heavy atom. The molecule has 5 heteroatoms. The minimum absolute atomic E-state index is 0.246. The molecule has 1 rings (SSSR count). The normalized spacial score (nSPS) is 10.2. The second-order valence-electron chi connectivity index (χ2n) is 4.11. The van der Waals surface area contributed by atoms with Crippen LogP contribution in [0.5, 0.6) is 5.75 Å². The van der Waals surface area contributed by atoms with E-state index in [2.05, 4.69) is 12.2 Å². The minimum atomic E-state index is -0.951. The molecule has 0 heterocycles. The van der Waals surface area contributed by atoms with Gasteiger partial charge in [0.15, 0.2) is 0 Å². The lowest BCUT2D eigenvalue weighted by Gasteiger charge is -2.11. The van der Waals surface area contributed by atoms with E-state index in [0.717, 1.165) is 19.4 Å². The first kappa shape index (κ1) is 15.3. The lowest BCUT2D eigenvalue weighted by Crippen LogP contribution is -2.10. The van der Waals surface area contributed by atoms with E-state index in [1.165, 1.54) is 6.07 Å². The van der Waals surface area contributed by atoms with Crippen LogP contribution in [-0.4, -0.2) is 37.9 Å². The summed E-state index contributed by atoms with van der Waals surface area (Å²) >= 11 is 0. The Kier molecular flexibility index (Phi) is 6.74. The molecule has 2 N–H and O–H groups in total. The van der Waals surface area contributed by atoms with Gasteiger partial charge in [-0.1, -0.05) is 6.92 Å². The van der Waals surface area contributed by atoms with Crippen molar-refractivity contribution in [3.05, 3.63) is 23.8 Å². The monoisotopic (exact) mass is 267 g/mol. The molecule has 0 fully saturated rings. The molecule has 0 aliphatic carbocycles. The highest BCUT2D eigenvalue weighted by Gasteiger charge is 2.10. The predicted octanol–water partition coefficient (Wildman–Crippen LogP) is 2.62. The maximum atomic E-state index is 11.1. The maximum Gasteiger partial charge on any atom is 0.337 e. The number of carbonyl (C=O) groups is 1. The summed E-state index contributed by atoms with van der Waals surface area (Å²) in [6.07, 6.45) is 1.84. The van der Waals surface area contributed by atoms with Crippen molar-refractivity contribution in [3.63, 3.8) is 0 Å². The van der Waals surface area contributed by atoms with E-state index < -0.39 is 5.97 Å². The van der Waals surface area contributed by atoms with E-state index in [4.69, 9.17) is 14.6 Å². The van der Waals surface area contributed by atoms with Crippen molar-refractivity contribution in [2.75, 3.05) is 32.2 Å². The second kappa shape index (κ2) is 8.37. The highest BCUT2D eigenvalue weighted by Crippen LogP contribution is 2.22. The SMILES string of the molecule is CCCOCCCNc1cc(OC)ccc1C(=O)O. The van der Waals surface area contributed by atoms with Crippen LogP contribution in [0.15, 0.2) is 18.2 Å². The molecule has 0 unspecified atom stereocenters. The van der Waals surface area contributed by atoms with E-state index in [-0.39, 0.29) is 5.56 Å². The quantitative estimate of drug-likeness (QED) is 0.673. The van der Waals surface area contributed by atoms with Gasteiger partial charge in [0, 0.05) is 25.8 Å². The fourth-order valence-corrected chi connectivity index (χ4v) is 1.63. The molecule has 0 bridgehead atoms. The summed E-state index contributed by atoms with van der Waals surface area (Å²) in [5.41, 5.74) is 0.817. The number of carboxylic acids is 1. The second-order valence-corrected chi connectivity index (χ2v) is 4.11. The molecule has 0 aliphatic rings. The van der Waals surface area contributed by atoms with Gasteiger partial charge in [0.25, 0.3) is 0 Å². The number of methoxy groups -OCH3 is 1. The number of ether oxygens (including phenoxy) is 2. The first-order chi connectivity index (χ1) is 9.19. The fraction of sp³-hybridized carbons (Fsp3) is 0.500. The fourth-order valence-electron chi connectivity index (χ4n) is 1.63. The van der Waals surface area contributed by atoms with Gasteiger partial charge in [0.2, 0.25) is 0 Å². The van der Waals surface area contributed by atoms with Gasteiger partial charge in [0.1, 0.15) is 5.75 Å². The summed E-state index contributed by atoms with van der Waals surface area (Å²) < 4.78 is 10.5. The van der Waals surface area contributed by atoms with Crippen molar-refractivity contribution in [1.29, 1.82) is 0 Å². The number of hydrogen-bond donors (Lipinski definition) is 2. The van der Waals surface area contributed by atoms with E-state index in [9.17, 15) is 4.79 Å². The Bertz CT molecular complexity index is 406. The molecule has 0 atom stereocenters. The minimum Gasteiger partial charge on any atom is -0.497 e. The van der Waals surface area contributed by atoms with Crippen LogP contribution in [0.1, 0.15) is 30.1 Å². The van der Waals surface area contributed by atoms with Crippen LogP contribution in [-0.2, 0) is 4.74 Å². The summed E-state index contributed by atoms with van der Waals surface area (Å²) in [5, 5.41) is 12.2. The third-order valence-electron chi connectivity index (χ3n) is 2.59. The van der Waals surface area contributed by atoms with Crippen LogP contribution < -0.4 is 10.1 Å². The Hall–Kier alpha value is -1.75. The highest BCUT2D eigenvalue weighted by molar-refractivity contribution is 5.94. The Balaban J connectivity index is 2.52. The number of rotatable bonds is 9. The van der Waals surface area contributed by atoms with E-state index in [1.807, 2.05) is 0 Å². The van der Waals surface area contributed by atoms with Crippen LogP contribution >= 0.6 is 0 Å². The van der Waals surface area contributed by atoms with Gasteiger partial charge in [-0.05, 0) is 25.0 Å². The van der Waals surface area contributed by atoms with Gasteiger partial charge in [-0.2, -0.15) is 0 Å². The van der Waals surface area contributed by atoms with Crippen LogP contribution in [0.25, 0.3) is 0 Å². The molecule has 19 heavy (non-hydrogen) atoms. The largest absolute Gasteiger partial charge is 0.497 e. The van der Waals surface area contributed by atoms with Crippen molar-refractivity contribution in [3.8, 4) is 5.75 Å². The molecule has 106 valence electrons. The number of anilines is 1. The number of hydrogen-bond acceptors (Lipinski definition) is 4. The molecule has 0 radical (unpaired) electrons. The smallest absolute Gasteiger partial charge is 0.337 e. The van der Waals surface area contributed by atoms with Crippen LogP contribution in [0.4, 0.5) is 5.69 Å². The average molecular weight is 267 g/mol. The van der Waals surface area contributed by atoms with E-state index in [0.29, 0.717) is 24.6 Å². The predicted molar refractivity (Wildman–Crippen MR) is 74.2 cm³/mol. The lowest BCUT2D eigenvalue weighted by molar-refractivity contribution is 0.0698. The van der Waals surface area contributed by atoms with Crippen molar-refractivity contribution in [1.82, 2.24) is 0 Å². The summed E-state index contributed by atoms with van der Waals surface area (Å²) in [5.74, 6) is -0.317. The van der Waals surface area contributed by atoms with Crippen molar-refractivity contribution >= 4 is 11.7 Å². The third-order valence-corrected chi connectivity index (χ3v) is 2.59. The molecule has 1 aromatic carbocycles. The standard InChI is InChI=1S/C14H21NO4/c1-3-8-19-9-4-7-15-13-10-11(18-2)5-6-12(13)14(16)17/h5-6,10,15H,3-4,7-9H2,1-2H3,(H,16,17). The van der Waals surface area contributed by atoms with Crippen LogP contribution in [0.2, 0.25) is 0 Å². The molecular weight excluding hydrogens is 246 g/mol.